The summed E-state index contributed by atoms with van der Waals surface area (Å²) in [5, 5.41) is 9.02. The highest BCUT2D eigenvalue weighted by atomic mass is 79.9. The molecule has 0 radical (unpaired) electrons. The van der Waals surface area contributed by atoms with Gasteiger partial charge in [-0.1, -0.05) is 30.3 Å². The summed E-state index contributed by atoms with van der Waals surface area (Å²) in [7, 11) is 1.30. The number of hydrogen-bond acceptors (Lipinski definition) is 8. The third-order valence-electron chi connectivity index (χ3n) is 5.45. The highest BCUT2D eigenvalue weighted by Gasteiger charge is 2.45. The van der Waals surface area contributed by atoms with Crippen molar-refractivity contribution in [1.29, 1.82) is 0 Å². The number of rotatable bonds is 11. The number of esters is 1. The van der Waals surface area contributed by atoms with Crippen molar-refractivity contribution in [1.82, 2.24) is 4.90 Å². The Morgan fingerprint density at radius 2 is 2.00 bits per heavy atom. The van der Waals surface area contributed by atoms with Crippen LogP contribution in [0.1, 0.15) is 43.0 Å². The van der Waals surface area contributed by atoms with Crippen LogP contribution in [-0.4, -0.2) is 60.4 Å². The van der Waals surface area contributed by atoms with Gasteiger partial charge in [0.15, 0.2) is 12.2 Å². The lowest BCUT2D eigenvalue weighted by Gasteiger charge is -2.28. The van der Waals surface area contributed by atoms with Gasteiger partial charge in [-0.2, -0.15) is 0 Å². The summed E-state index contributed by atoms with van der Waals surface area (Å²) in [6.07, 6.45) is -1.09. The number of unbranched alkanes of at least 4 members (excludes halogenated alkanes) is 1. The third-order valence-corrected chi connectivity index (χ3v) is 6.12. The molecule has 0 spiro atoms. The number of imide groups is 1. The average molecular weight is 538 g/mol. The van der Waals surface area contributed by atoms with Gasteiger partial charge in [0.2, 0.25) is 0 Å². The molecule has 1 aromatic carbocycles. The standard InChI is InChI=1S/C24H28BrNO8/c1-15(28)33-21(20-13-18(25)19(34-20)10-6-7-11-27)22(31-2)23(29)26-17(14-32-24(26)30)12-16-8-4-3-5-9-16/h3-5,8-9,13,17,21-22,27H,6-7,10-12,14H2,1-2H3/t17-,21+,22-/m1/s1. The first-order chi connectivity index (χ1) is 16.3. The normalized spacial score (nSPS) is 17.4. The van der Waals surface area contributed by atoms with Gasteiger partial charge in [0, 0.05) is 27.1 Å². The lowest BCUT2D eigenvalue weighted by Crippen LogP contribution is -2.48. The van der Waals surface area contributed by atoms with Crippen LogP contribution in [0.4, 0.5) is 4.79 Å². The van der Waals surface area contributed by atoms with Crippen molar-refractivity contribution in [3.8, 4) is 0 Å². The van der Waals surface area contributed by atoms with E-state index in [2.05, 4.69) is 15.9 Å². The summed E-state index contributed by atoms with van der Waals surface area (Å²) in [5.41, 5.74) is 0.941. The number of furan rings is 1. The Morgan fingerprint density at radius 1 is 1.26 bits per heavy atom. The molecule has 0 bridgehead atoms. The van der Waals surface area contributed by atoms with E-state index < -0.39 is 36.2 Å². The summed E-state index contributed by atoms with van der Waals surface area (Å²) >= 11 is 3.43. The van der Waals surface area contributed by atoms with Gasteiger partial charge in [-0.15, -0.1) is 0 Å². The van der Waals surface area contributed by atoms with Gasteiger partial charge in [-0.3, -0.25) is 9.59 Å². The van der Waals surface area contributed by atoms with Gasteiger partial charge in [-0.25, -0.2) is 9.69 Å². The van der Waals surface area contributed by atoms with Crippen LogP contribution in [0.3, 0.4) is 0 Å². The Bertz CT molecular complexity index is 992. The largest absolute Gasteiger partial charge is 0.461 e. The molecule has 0 aliphatic carbocycles. The Hall–Kier alpha value is -2.69. The number of nitrogens with zero attached hydrogens (tertiary/aromatic N) is 1. The molecule has 34 heavy (non-hydrogen) atoms. The molecule has 184 valence electrons. The molecule has 2 amide bonds. The summed E-state index contributed by atoms with van der Waals surface area (Å²) < 4.78 is 22.6. The van der Waals surface area contributed by atoms with Crippen LogP contribution >= 0.6 is 15.9 Å². The van der Waals surface area contributed by atoms with Crippen LogP contribution in [0.15, 0.2) is 45.3 Å². The van der Waals surface area contributed by atoms with E-state index in [1.165, 1.54) is 14.0 Å². The second kappa shape index (κ2) is 12.1. The van der Waals surface area contributed by atoms with Gasteiger partial charge in [0.1, 0.15) is 18.1 Å². The predicted octanol–water partition coefficient (Wildman–Crippen LogP) is 3.57. The number of amides is 2. The fourth-order valence-electron chi connectivity index (χ4n) is 3.84. The number of methoxy groups -OCH3 is 1. The Balaban J connectivity index is 1.86. The molecule has 2 aromatic rings. The van der Waals surface area contributed by atoms with Crippen LogP contribution < -0.4 is 0 Å². The Kier molecular flexibility index (Phi) is 9.26. The molecule has 1 aromatic heterocycles. The number of carbonyl (C=O) groups excluding carboxylic acids is 3. The molecule has 1 aliphatic rings. The number of carbonyl (C=O) groups is 3. The predicted molar refractivity (Wildman–Crippen MR) is 124 cm³/mol. The number of cyclic esters (lactones) is 1. The minimum atomic E-state index is -1.34. The molecule has 1 N–H and O–H groups in total. The number of halogens is 1. The quantitative estimate of drug-likeness (QED) is 0.341. The second-order valence-electron chi connectivity index (χ2n) is 7.92. The first kappa shape index (κ1) is 25.9. The molecular formula is C24H28BrNO8. The first-order valence-corrected chi connectivity index (χ1v) is 11.8. The van der Waals surface area contributed by atoms with E-state index in [1.54, 1.807) is 6.07 Å². The van der Waals surface area contributed by atoms with Crippen molar-refractivity contribution in [2.24, 2.45) is 0 Å². The van der Waals surface area contributed by atoms with E-state index >= 15 is 0 Å². The fraction of sp³-hybridized carbons (Fsp3) is 0.458. The minimum absolute atomic E-state index is 0.0510. The third kappa shape index (κ3) is 6.25. The molecule has 9 nitrogen and oxygen atoms in total. The minimum Gasteiger partial charge on any atom is -0.461 e. The summed E-state index contributed by atoms with van der Waals surface area (Å²) in [4.78, 5) is 38.9. The first-order valence-electron chi connectivity index (χ1n) is 11.0. The number of aryl methyl sites for hydroxylation is 1. The van der Waals surface area contributed by atoms with Crippen LogP contribution in [0.5, 0.6) is 0 Å². The van der Waals surface area contributed by atoms with Crippen LogP contribution in [0, 0.1) is 0 Å². The number of ether oxygens (including phenoxy) is 3. The zero-order valence-corrected chi connectivity index (χ0v) is 20.7. The summed E-state index contributed by atoms with van der Waals surface area (Å²) in [6.45, 7) is 1.33. The maximum atomic E-state index is 13.5. The number of hydrogen-bond donors (Lipinski definition) is 1. The molecule has 0 unspecified atom stereocenters. The van der Waals surface area contributed by atoms with Crippen LogP contribution in [0.25, 0.3) is 0 Å². The molecule has 3 atom stereocenters. The van der Waals surface area contributed by atoms with Crippen molar-refractivity contribution in [3.63, 3.8) is 0 Å². The fourth-order valence-corrected chi connectivity index (χ4v) is 4.34. The van der Waals surface area contributed by atoms with E-state index in [-0.39, 0.29) is 19.0 Å². The van der Waals surface area contributed by atoms with Crippen LogP contribution in [0.2, 0.25) is 0 Å². The number of aliphatic hydroxyl groups is 1. The smallest absolute Gasteiger partial charge is 0.417 e. The molecule has 0 saturated carbocycles. The maximum Gasteiger partial charge on any atom is 0.417 e. The number of benzene rings is 1. The van der Waals surface area contributed by atoms with Gasteiger partial charge < -0.3 is 23.7 Å². The number of aliphatic hydroxyl groups excluding tert-OH is 1. The highest BCUT2D eigenvalue weighted by Crippen LogP contribution is 2.33. The average Bonchev–Trinajstić information content (AvgIpc) is 3.36. The molecule has 1 aliphatic heterocycles. The zero-order chi connectivity index (χ0) is 24.7. The molecular weight excluding hydrogens is 510 g/mol. The lowest BCUT2D eigenvalue weighted by atomic mass is 10.0. The second-order valence-corrected chi connectivity index (χ2v) is 8.77. The Labute approximate surface area is 206 Å². The molecule has 1 fully saturated rings. The van der Waals surface area contributed by atoms with Crippen molar-refractivity contribution >= 4 is 33.9 Å². The van der Waals surface area contributed by atoms with Crippen molar-refractivity contribution < 1.29 is 38.1 Å². The van der Waals surface area contributed by atoms with Gasteiger partial charge in [0.25, 0.3) is 5.91 Å². The Morgan fingerprint density at radius 3 is 2.65 bits per heavy atom. The van der Waals surface area contributed by atoms with Crippen molar-refractivity contribution in [3.05, 3.63) is 58.0 Å². The van der Waals surface area contributed by atoms with Crippen LogP contribution in [-0.2, 0) is 36.6 Å². The van der Waals surface area contributed by atoms with E-state index in [9.17, 15) is 14.4 Å². The van der Waals surface area contributed by atoms with E-state index in [1.807, 2.05) is 30.3 Å². The van der Waals surface area contributed by atoms with Crippen molar-refractivity contribution in [2.45, 2.75) is 50.9 Å². The van der Waals surface area contributed by atoms with E-state index in [4.69, 9.17) is 23.7 Å². The van der Waals surface area contributed by atoms with Gasteiger partial charge in [-0.05, 0) is 46.8 Å². The monoisotopic (exact) mass is 537 g/mol. The highest BCUT2D eigenvalue weighted by molar-refractivity contribution is 9.10. The molecule has 3 rings (SSSR count). The van der Waals surface area contributed by atoms with E-state index in [0.29, 0.717) is 35.9 Å². The lowest BCUT2D eigenvalue weighted by molar-refractivity contribution is -0.164. The summed E-state index contributed by atoms with van der Waals surface area (Å²) in [5.74, 6) is -0.538. The summed E-state index contributed by atoms with van der Waals surface area (Å²) in [6, 6.07) is 10.5. The maximum absolute atomic E-state index is 13.5. The topological polar surface area (TPSA) is 116 Å². The van der Waals surface area contributed by atoms with E-state index in [0.717, 1.165) is 10.5 Å². The zero-order valence-electron chi connectivity index (χ0n) is 19.1. The molecule has 1 saturated heterocycles. The SMILES string of the molecule is CO[C@@H](C(=O)N1C(=O)OC[C@H]1Cc1ccccc1)[C@@H](OC(C)=O)c1cc(Br)c(CCCCO)o1. The van der Waals surface area contributed by atoms with Crippen molar-refractivity contribution in [2.75, 3.05) is 20.3 Å². The van der Waals surface area contributed by atoms with Gasteiger partial charge >= 0.3 is 12.1 Å². The molecule has 2 heterocycles. The molecule has 10 heteroatoms. The van der Waals surface area contributed by atoms with Gasteiger partial charge in [0.05, 0.1) is 10.5 Å².